The minimum atomic E-state index is 0.870. The summed E-state index contributed by atoms with van der Waals surface area (Å²) in [6, 6.07) is 91.9. The van der Waals surface area contributed by atoms with Crippen molar-refractivity contribution >= 4 is 73.0 Å². The molecule has 0 amide bonds. The summed E-state index contributed by atoms with van der Waals surface area (Å²) >= 11 is 0. The molecule has 12 rings (SSSR count). The first-order valence-electron chi connectivity index (χ1n) is 22.3. The summed E-state index contributed by atoms with van der Waals surface area (Å²) in [5.41, 5.74) is 18.8. The van der Waals surface area contributed by atoms with Gasteiger partial charge in [0, 0.05) is 74.1 Å². The molecule has 1 aliphatic rings. The van der Waals surface area contributed by atoms with Crippen molar-refractivity contribution < 1.29 is 0 Å². The molecule has 0 unspecified atom stereocenters. The fraction of sp³-hybridized carbons (Fsp3) is 0.0164. The van der Waals surface area contributed by atoms with E-state index < -0.39 is 0 Å². The highest BCUT2D eigenvalue weighted by molar-refractivity contribution is 6.10. The van der Waals surface area contributed by atoms with Crippen LogP contribution in [0.15, 0.2) is 255 Å². The van der Waals surface area contributed by atoms with Gasteiger partial charge in [0.2, 0.25) is 0 Å². The minimum absolute atomic E-state index is 0.870. The van der Waals surface area contributed by atoms with Gasteiger partial charge >= 0.3 is 0 Å². The molecule has 0 atom stereocenters. The zero-order valence-electron chi connectivity index (χ0n) is 35.7. The second-order valence-electron chi connectivity index (χ2n) is 16.6. The van der Waals surface area contributed by atoms with E-state index in [9.17, 15) is 0 Å². The normalized spacial score (nSPS) is 11.9. The van der Waals surface area contributed by atoms with Crippen LogP contribution in [0.1, 0.15) is 11.1 Å². The summed E-state index contributed by atoms with van der Waals surface area (Å²) in [7, 11) is 0. The van der Waals surface area contributed by atoms with Crippen LogP contribution in [-0.4, -0.2) is 4.57 Å². The number of para-hydroxylation sites is 6. The van der Waals surface area contributed by atoms with Crippen molar-refractivity contribution in [1.82, 2.24) is 4.57 Å². The predicted molar refractivity (Wildman–Crippen MR) is 273 cm³/mol. The van der Waals surface area contributed by atoms with Gasteiger partial charge in [-0.3, -0.25) is 0 Å². The standard InChI is InChI=1S/C61H44N4/c1-5-18-48(19-6-1)62(54-37-39-59-47(42-54)41-46-17-13-15-27-58(46)64(59)50-22-9-3-10-23-50)52-33-29-44(30-34-52)45-31-35-53(36-32-45)63(49-20-7-2-8-21-49)55-38-40-61-57(43-55)56-26-14-16-28-60(56)65(61)51-24-11-4-12-25-51/h1-40,42-43H,41H2. The maximum absolute atomic E-state index is 2.40. The average Bonchev–Trinajstić information content (AvgIpc) is 3.71. The van der Waals surface area contributed by atoms with E-state index >= 15 is 0 Å². The Morgan fingerprint density at radius 1 is 0.292 bits per heavy atom. The fourth-order valence-corrected chi connectivity index (χ4v) is 9.75. The van der Waals surface area contributed by atoms with Crippen LogP contribution in [0.5, 0.6) is 0 Å². The van der Waals surface area contributed by atoms with Crippen LogP contribution in [0.4, 0.5) is 51.2 Å². The molecule has 10 aromatic carbocycles. The molecule has 0 fully saturated rings. The van der Waals surface area contributed by atoms with Crippen molar-refractivity contribution in [2.75, 3.05) is 14.7 Å². The van der Waals surface area contributed by atoms with Gasteiger partial charge < -0.3 is 19.3 Å². The largest absolute Gasteiger partial charge is 0.310 e. The maximum atomic E-state index is 2.40. The van der Waals surface area contributed by atoms with Crippen molar-refractivity contribution in [3.8, 4) is 16.8 Å². The molecular weight excluding hydrogens is 789 g/mol. The van der Waals surface area contributed by atoms with E-state index in [-0.39, 0.29) is 0 Å². The van der Waals surface area contributed by atoms with Crippen LogP contribution in [0.2, 0.25) is 0 Å². The molecule has 0 aliphatic carbocycles. The highest BCUT2D eigenvalue weighted by atomic mass is 15.2. The van der Waals surface area contributed by atoms with Crippen molar-refractivity contribution in [2.45, 2.75) is 6.42 Å². The van der Waals surface area contributed by atoms with Crippen LogP contribution >= 0.6 is 0 Å². The number of aromatic nitrogens is 1. The SMILES string of the molecule is c1ccc(N(c2ccc(-c3ccc(N(c4ccccc4)c4ccc5c(c4)c4ccccc4n5-c4ccccc4)cc3)cc2)c2ccc3c(c2)Cc2ccccc2N3c2ccccc2)cc1. The average molecular weight is 833 g/mol. The topological polar surface area (TPSA) is 14.7 Å². The molecule has 1 aliphatic heterocycles. The minimum Gasteiger partial charge on any atom is -0.310 e. The Bertz CT molecular complexity index is 3440. The second kappa shape index (κ2) is 16.3. The lowest BCUT2D eigenvalue weighted by molar-refractivity contribution is 1.08. The maximum Gasteiger partial charge on any atom is 0.0542 e. The quantitative estimate of drug-likeness (QED) is 0.144. The Morgan fingerprint density at radius 3 is 1.37 bits per heavy atom. The second-order valence-corrected chi connectivity index (χ2v) is 16.6. The Kier molecular flexibility index (Phi) is 9.53. The first kappa shape index (κ1) is 38.1. The number of fused-ring (bicyclic) bond motifs is 5. The molecular formula is C61H44N4. The van der Waals surface area contributed by atoms with Crippen molar-refractivity contribution in [3.05, 3.63) is 266 Å². The summed E-state index contributed by atoms with van der Waals surface area (Å²) in [6.07, 6.45) is 0.870. The van der Waals surface area contributed by atoms with Crippen LogP contribution in [0, 0.1) is 0 Å². The molecule has 0 saturated carbocycles. The predicted octanol–water partition coefficient (Wildman–Crippen LogP) is 16.8. The summed E-state index contributed by atoms with van der Waals surface area (Å²) in [6.45, 7) is 0. The highest BCUT2D eigenvalue weighted by Gasteiger charge is 2.25. The molecule has 0 spiro atoms. The summed E-state index contributed by atoms with van der Waals surface area (Å²) in [5.74, 6) is 0. The van der Waals surface area contributed by atoms with Crippen LogP contribution in [0.25, 0.3) is 38.6 Å². The van der Waals surface area contributed by atoms with Crippen LogP contribution < -0.4 is 14.7 Å². The van der Waals surface area contributed by atoms with E-state index in [1.165, 1.54) is 44.3 Å². The monoisotopic (exact) mass is 832 g/mol. The van der Waals surface area contributed by atoms with Gasteiger partial charge in [0.05, 0.1) is 11.0 Å². The van der Waals surface area contributed by atoms with E-state index in [4.69, 9.17) is 0 Å². The number of benzene rings is 10. The lowest BCUT2D eigenvalue weighted by Gasteiger charge is -2.35. The molecule has 4 nitrogen and oxygen atoms in total. The van der Waals surface area contributed by atoms with E-state index in [1.807, 2.05) is 0 Å². The molecule has 2 heterocycles. The highest BCUT2D eigenvalue weighted by Crippen LogP contribution is 2.47. The van der Waals surface area contributed by atoms with Gasteiger partial charge in [-0.15, -0.1) is 0 Å². The summed E-state index contributed by atoms with van der Waals surface area (Å²) in [5, 5.41) is 2.46. The van der Waals surface area contributed by atoms with Gasteiger partial charge in [0.1, 0.15) is 0 Å². The van der Waals surface area contributed by atoms with Gasteiger partial charge in [-0.25, -0.2) is 0 Å². The molecule has 308 valence electrons. The smallest absolute Gasteiger partial charge is 0.0542 e. The summed E-state index contributed by atoms with van der Waals surface area (Å²) in [4.78, 5) is 7.12. The van der Waals surface area contributed by atoms with Crippen molar-refractivity contribution in [1.29, 1.82) is 0 Å². The molecule has 0 N–H and O–H groups in total. The van der Waals surface area contributed by atoms with Crippen molar-refractivity contribution in [2.24, 2.45) is 0 Å². The van der Waals surface area contributed by atoms with Crippen LogP contribution in [0.3, 0.4) is 0 Å². The number of hydrogen-bond acceptors (Lipinski definition) is 3. The third-order valence-electron chi connectivity index (χ3n) is 12.7. The van der Waals surface area contributed by atoms with Crippen molar-refractivity contribution in [3.63, 3.8) is 0 Å². The van der Waals surface area contributed by atoms with Gasteiger partial charge in [0.25, 0.3) is 0 Å². The van der Waals surface area contributed by atoms with Gasteiger partial charge in [-0.2, -0.15) is 0 Å². The van der Waals surface area contributed by atoms with Gasteiger partial charge in [-0.1, -0.05) is 133 Å². The Morgan fingerprint density at radius 2 is 0.738 bits per heavy atom. The zero-order chi connectivity index (χ0) is 43.1. The third kappa shape index (κ3) is 6.89. The molecule has 0 bridgehead atoms. The number of hydrogen-bond donors (Lipinski definition) is 0. The first-order chi connectivity index (χ1) is 32.2. The molecule has 1 aromatic heterocycles. The summed E-state index contributed by atoms with van der Waals surface area (Å²) < 4.78 is 2.37. The molecule has 0 radical (unpaired) electrons. The van der Waals surface area contributed by atoms with Gasteiger partial charge in [-0.05, 0) is 144 Å². The molecule has 4 heteroatoms. The lowest BCUT2D eigenvalue weighted by atomic mass is 9.94. The van der Waals surface area contributed by atoms with E-state index in [0.29, 0.717) is 0 Å². The Balaban J connectivity index is 0.883. The number of rotatable bonds is 9. The fourth-order valence-electron chi connectivity index (χ4n) is 9.75. The lowest BCUT2D eigenvalue weighted by Crippen LogP contribution is -2.19. The third-order valence-corrected chi connectivity index (χ3v) is 12.7. The molecule has 65 heavy (non-hydrogen) atoms. The van der Waals surface area contributed by atoms with E-state index in [2.05, 4.69) is 274 Å². The number of anilines is 9. The molecule has 0 saturated heterocycles. The number of nitrogens with zero attached hydrogens (tertiary/aromatic N) is 4. The first-order valence-corrected chi connectivity index (χ1v) is 22.3. The molecule has 11 aromatic rings. The Labute approximate surface area is 379 Å². The van der Waals surface area contributed by atoms with E-state index in [0.717, 1.165) is 63.0 Å². The Hall–Kier alpha value is -8.60. The van der Waals surface area contributed by atoms with Gasteiger partial charge in [0.15, 0.2) is 0 Å². The van der Waals surface area contributed by atoms with Crippen LogP contribution in [-0.2, 0) is 6.42 Å². The zero-order valence-corrected chi connectivity index (χ0v) is 35.7. The van der Waals surface area contributed by atoms with E-state index in [1.54, 1.807) is 0 Å².